The first-order valence-electron chi connectivity index (χ1n) is 5.68. The highest BCUT2D eigenvalue weighted by atomic mass is 16.7. The molecule has 0 aromatic rings. The summed E-state index contributed by atoms with van der Waals surface area (Å²) in [5, 5.41) is 4.03. The summed E-state index contributed by atoms with van der Waals surface area (Å²) in [4.78, 5) is 28.8. The molecule has 94 valence electrons. The molecule has 0 N–H and O–H groups in total. The van der Waals surface area contributed by atoms with Crippen molar-refractivity contribution >= 4 is 17.5 Å². The van der Waals surface area contributed by atoms with Gasteiger partial charge < -0.3 is 9.57 Å². The van der Waals surface area contributed by atoms with E-state index in [9.17, 15) is 9.59 Å². The number of oxime groups is 1. The number of methoxy groups -OCH3 is 1. The number of rotatable bonds is 1. The summed E-state index contributed by atoms with van der Waals surface area (Å²) in [6.45, 7) is 5.97. The summed E-state index contributed by atoms with van der Waals surface area (Å²) in [7, 11) is 1.30. The zero-order chi connectivity index (χ0) is 12.8. The number of esters is 1. The quantitative estimate of drug-likeness (QED) is 0.647. The van der Waals surface area contributed by atoms with E-state index in [2.05, 4.69) is 5.16 Å². The molecule has 0 aromatic carbocycles. The molecule has 2 rings (SSSR count). The minimum absolute atomic E-state index is 0.0250. The Balaban J connectivity index is 2.38. The van der Waals surface area contributed by atoms with E-state index in [-0.39, 0.29) is 23.5 Å². The van der Waals surface area contributed by atoms with Gasteiger partial charge in [-0.05, 0) is 0 Å². The molecule has 2 aliphatic rings. The molecule has 1 heterocycles. The van der Waals surface area contributed by atoms with E-state index in [0.717, 1.165) is 5.71 Å². The zero-order valence-electron chi connectivity index (χ0n) is 10.6. The first kappa shape index (κ1) is 12.1. The van der Waals surface area contributed by atoms with Crippen LogP contribution in [0.3, 0.4) is 0 Å². The van der Waals surface area contributed by atoms with Gasteiger partial charge in [-0.1, -0.05) is 25.9 Å². The van der Waals surface area contributed by atoms with Gasteiger partial charge in [0.1, 0.15) is 5.78 Å². The van der Waals surface area contributed by atoms with Crippen molar-refractivity contribution in [2.24, 2.45) is 16.5 Å². The number of ketones is 1. The summed E-state index contributed by atoms with van der Waals surface area (Å²) in [5.74, 6) is -0.754. The maximum atomic E-state index is 11.9. The first-order chi connectivity index (χ1) is 7.81. The Kier molecular flexibility index (Phi) is 2.52. The van der Waals surface area contributed by atoms with Crippen LogP contribution >= 0.6 is 0 Å². The lowest BCUT2D eigenvalue weighted by atomic mass is 9.76. The van der Waals surface area contributed by atoms with E-state index < -0.39 is 11.6 Å². The smallest absolute Gasteiger partial charge is 0.354 e. The van der Waals surface area contributed by atoms with Crippen molar-refractivity contribution in [1.29, 1.82) is 0 Å². The number of fused-ring (bicyclic) bond motifs is 1. The van der Waals surface area contributed by atoms with Crippen molar-refractivity contribution in [3.63, 3.8) is 0 Å². The maximum absolute atomic E-state index is 11.9. The van der Waals surface area contributed by atoms with Crippen LogP contribution in [-0.2, 0) is 19.2 Å². The minimum Gasteiger partial charge on any atom is -0.466 e. The van der Waals surface area contributed by atoms with Crippen molar-refractivity contribution in [3.05, 3.63) is 0 Å². The van der Waals surface area contributed by atoms with E-state index in [4.69, 9.17) is 9.57 Å². The number of ether oxygens (including phenoxy) is 1. The number of hydrogen-bond acceptors (Lipinski definition) is 5. The first-order valence-corrected chi connectivity index (χ1v) is 5.68. The summed E-state index contributed by atoms with van der Waals surface area (Å²) in [6, 6.07) is 0. The second kappa shape index (κ2) is 3.55. The average molecular weight is 239 g/mol. The van der Waals surface area contributed by atoms with Crippen LogP contribution in [0.25, 0.3) is 0 Å². The number of carbonyl (C=O) groups excluding carboxylic acids is 2. The van der Waals surface area contributed by atoms with Gasteiger partial charge in [-0.15, -0.1) is 0 Å². The highest BCUT2D eigenvalue weighted by molar-refractivity contribution is 6.06. The molecule has 2 unspecified atom stereocenters. The van der Waals surface area contributed by atoms with Crippen LogP contribution in [0.4, 0.5) is 0 Å². The second-order valence-corrected chi connectivity index (χ2v) is 5.67. The highest BCUT2D eigenvalue weighted by Crippen LogP contribution is 2.46. The lowest BCUT2D eigenvalue weighted by Crippen LogP contribution is -2.45. The zero-order valence-corrected chi connectivity index (χ0v) is 10.6. The third kappa shape index (κ3) is 1.64. The fraction of sp³-hybridized carbons (Fsp3) is 0.750. The third-order valence-corrected chi connectivity index (χ3v) is 3.39. The van der Waals surface area contributed by atoms with Crippen molar-refractivity contribution in [1.82, 2.24) is 0 Å². The summed E-state index contributed by atoms with van der Waals surface area (Å²) in [6.07, 6.45) is 0.374. The summed E-state index contributed by atoms with van der Waals surface area (Å²) >= 11 is 0. The van der Waals surface area contributed by atoms with Gasteiger partial charge in [0.2, 0.25) is 5.60 Å². The normalized spacial score (nSPS) is 31.9. The van der Waals surface area contributed by atoms with Gasteiger partial charge in [-0.2, -0.15) is 0 Å². The monoisotopic (exact) mass is 239 g/mol. The van der Waals surface area contributed by atoms with E-state index in [1.165, 1.54) is 7.11 Å². The van der Waals surface area contributed by atoms with E-state index in [1.807, 2.05) is 20.8 Å². The molecule has 2 atom stereocenters. The Bertz CT molecular complexity index is 407. The predicted molar refractivity (Wildman–Crippen MR) is 60.5 cm³/mol. The molecule has 0 saturated heterocycles. The molecule has 5 heteroatoms. The fourth-order valence-electron chi connectivity index (χ4n) is 2.57. The minimum atomic E-state index is -1.20. The molecule has 0 amide bonds. The fourth-order valence-corrected chi connectivity index (χ4v) is 2.57. The molecule has 0 spiro atoms. The number of nitrogens with zero attached hydrogens (tertiary/aromatic N) is 1. The molecular formula is C12H17NO4. The molecule has 0 bridgehead atoms. The van der Waals surface area contributed by atoms with E-state index >= 15 is 0 Å². The molecule has 5 nitrogen and oxygen atoms in total. The topological polar surface area (TPSA) is 65.0 Å². The second-order valence-electron chi connectivity index (χ2n) is 5.67. The van der Waals surface area contributed by atoms with E-state index in [0.29, 0.717) is 6.42 Å². The summed E-state index contributed by atoms with van der Waals surface area (Å²) < 4.78 is 4.76. The summed E-state index contributed by atoms with van der Waals surface area (Å²) in [5.41, 5.74) is -0.645. The standard InChI is InChI=1S/C12H17NO4/c1-11(2,3)9-8-5-7(14)6-12(8,17-13-9)10(15)16-4/h8H,5-6H2,1-4H3. The van der Waals surface area contributed by atoms with Crippen LogP contribution in [0.1, 0.15) is 33.6 Å². The SMILES string of the molecule is COC(=O)C12CC(=O)CC1C(C(C)(C)C)=NO2. The van der Waals surface area contributed by atoms with Gasteiger partial charge in [-0.25, -0.2) is 4.79 Å². The lowest BCUT2D eigenvalue weighted by molar-refractivity contribution is -0.169. The Hall–Kier alpha value is -1.39. The van der Waals surface area contributed by atoms with Crippen molar-refractivity contribution in [2.45, 2.75) is 39.2 Å². The predicted octanol–water partition coefficient (Wildman–Crippen LogP) is 1.31. The molecule has 1 fully saturated rings. The Morgan fingerprint density at radius 2 is 2.18 bits per heavy atom. The van der Waals surface area contributed by atoms with Crippen LogP contribution in [-0.4, -0.2) is 30.2 Å². The molecule has 17 heavy (non-hydrogen) atoms. The van der Waals surface area contributed by atoms with Crippen molar-refractivity contribution in [3.8, 4) is 0 Å². The van der Waals surface area contributed by atoms with Crippen molar-refractivity contribution in [2.75, 3.05) is 7.11 Å². The molecule has 1 aliphatic carbocycles. The van der Waals surface area contributed by atoms with Crippen LogP contribution in [0, 0.1) is 11.3 Å². The van der Waals surface area contributed by atoms with Gasteiger partial charge in [-0.3, -0.25) is 4.79 Å². The number of carbonyl (C=O) groups is 2. The van der Waals surface area contributed by atoms with Crippen LogP contribution < -0.4 is 0 Å². The van der Waals surface area contributed by atoms with Gasteiger partial charge >= 0.3 is 5.97 Å². The number of Topliss-reactive ketones (excluding diaryl/α,β-unsaturated/α-hetero) is 1. The van der Waals surface area contributed by atoms with Gasteiger partial charge in [0, 0.05) is 11.8 Å². The largest absolute Gasteiger partial charge is 0.466 e. The average Bonchev–Trinajstić information content (AvgIpc) is 2.69. The van der Waals surface area contributed by atoms with Crippen LogP contribution in [0.15, 0.2) is 5.16 Å². The van der Waals surface area contributed by atoms with E-state index in [1.54, 1.807) is 0 Å². The Morgan fingerprint density at radius 3 is 2.71 bits per heavy atom. The Morgan fingerprint density at radius 1 is 1.53 bits per heavy atom. The van der Waals surface area contributed by atoms with Gasteiger partial charge in [0.15, 0.2) is 0 Å². The third-order valence-electron chi connectivity index (χ3n) is 3.39. The van der Waals surface area contributed by atoms with Crippen molar-refractivity contribution < 1.29 is 19.2 Å². The van der Waals surface area contributed by atoms with Gasteiger partial charge in [0.25, 0.3) is 0 Å². The lowest BCUT2D eigenvalue weighted by Gasteiger charge is -2.26. The molecule has 1 aliphatic heterocycles. The molecule has 0 aromatic heterocycles. The maximum Gasteiger partial charge on any atom is 0.354 e. The number of hydrogen-bond donors (Lipinski definition) is 0. The van der Waals surface area contributed by atoms with Crippen LogP contribution in [0.5, 0.6) is 0 Å². The van der Waals surface area contributed by atoms with Crippen LogP contribution in [0.2, 0.25) is 0 Å². The molecule has 1 saturated carbocycles. The highest BCUT2D eigenvalue weighted by Gasteiger charge is 2.63. The van der Waals surface area contributed by atoms with Gasteiger partial charge in [0.05, 0.1) is 25.2 Å². The Labute approximate surface area is 100 Å². The molecular weight excluding hydrogens is 222 g/mol. The molecule has 0 radical (unpaired) electrons.